The van der Waals surface area contributed by atoms with Crippen LogP contribution < -0.4 is 5.32 Å². The first kappa shape index (κ1) is 22.2. The second kappa shape index (κ2) is 10.6. The van der Waals surface area contributed by atoms with Crippen LogP contribution in [0, 0.1) is 0 Å². The van der Waals surface area contributed by atoms with Gasteiger partial charge in [0.15, 0.2) is 0 Å². The van der Waals surface area contributed by atoms with Gasteiger partial charge in [0.1, 0.15) is 0 Å². The maximum atomic E-state index is 6.12. The molecule has 1 aromatic carbocycles. The average Bonchev–Trinajstić information content (AvgIpc) is 3.54. The Balaban J connectivity index is 1.13. The summed E-state index contributed by atoms with van der Waals surface area (Å²) in [6.07, 6.45) is 14.2. The molecule has 1 saturated heterocycles. The number of halogens is 1. The first-order chi connectivity index (χ1) is 16.2. The van der Waals surface area contributed by atoms with Gasteiger partial charge < -0.3 is 15.2 Å². The van der Waals surface area contributed by atoms with Crippen molar-refractivity contribution in [1.29, 1.82) is 0 Å². The summed E-state index contributed by atoms with van der Waals surface area (Å²) in [5, 5.41) is 5.46. The summed E-state index contributed by atoms with van der Waals surface area (Å²) in [7, 11) is 0. The number of nitrogens with one attached hydrogen (secondary N) is 2. The van der Waals surface area contributed by atoms with Gasteiger partial charge in [-0.15, -0.1) is 0 Å². The van der Waals surface area contributed by atoms with Crippen LogP contribution >= 0.6 is 11.6 Å². The van der Waals surface area contributed by atoms with Crippen molar-refractivity contribution in [3.8, 4) is 0 Å². The van der Waals surface area contributed by atoms with E-state index in [4.69, 9.17) is 11.6 Å². The lowest BCUT2D eigenvalue weighted by Gasteiger charge is -2.38. The smallest absolute Gasteiger partial charge is 0.0737 e. The van der Waals surface area contributed by atoms with E-state index in [-0.39, 0.29) is 0 Å². The average molecular weight is 462 g/mol. The number of fused-ring (bicyclic) bond motifs is 1. The Morgan fingerprint density at radius 3 is 2.85 bits per heavy atom. The maximum Gasteiger partial charge on any atom is 0.0737 e. The van der Waals surface area contributed by atoms with Gasteiger partial charge in [0, 0.05) is 66.4 Å². The summed E-state index contributed by atoms with van der Waals surface area (Å²) in [6, 6.07) is 12.9. The van der Waals surface area contributed by atoms with Gasteiger partial charge in [0.2, 0.25) is 0 Å². The number of anilines is 1. The van der Waals surface area contributed by atoms with Crippen molar-refractivity contribution in [2.45, 2.75) is 31.8 Å². The van der Waals surface area contributed by atoms with E-state index < -0.39 is 0 Å². The quantitative estimate of drug-likeness (QED) is 0.443. The first-order valence-electron chi connectivity index (χ1n) is 12.0. The number of likely N-dealkylation sites (tertiary alicyclic amines) is 1. The molecule has 1 fully saturated rings. The van der Waals surface area contributed by atoms with Crippen LogP contribution in [0.1, 0.15) is 25.0 Å². The number of hydrogen-bond acceptors (Lipinski definition) is 4. The number of H-pyrrole nitrogens is 1. The van der Waals surface area contributed by atoms with Crippen molar-refractivity contribution >= 4 is 28.2 Å². The molecule has 0 amide bonds. The predicted octanol–water partition coefficient (Wildman–Crippen LogP) is 5.48. The van der Waals surface area contributed by atoms with Crippen molar-refractivity contribution < 1.29 is 0 Å². The van der Waals surface area contributed by atoms with Crippen LogP contribution in [-0.4, -0.2) is 58.5 Å². The Morgan fingerprint density at radius 1 is 1.15 bits per heavy atom. The van der Waals surface area contributed by atoms with Crippen LogP contribution in [0.3, 0.4) is 0 Å². The topological polar surface area (TPSA) is 47.2 Å². The summed E-state index contributed by atoms with van der Waals surface area (Å²) in [5.41, 5.74) is 4.89. The fourth-order valence-corrected chi connectivity index (χ4v) is 5.17. The largest absolute Gasteiger partial charge is 0.383 e. The SMILES string of the molecule is Clc1ccc2c(NCCN3CCC(N(CC4=CC=CC4)Cc4ccc[nH]4)CC3)ccnc2c1. The molecule has 1 aliphatic heterocycles. The number of hydrogen-bond donors (Lipinski definition) is 2. The third-order valence-corrected chi connectivity index (χ3v) is 7.05. The summed E-state index contributed by atoms with van der Waals surface area (Å²) in [6.45, 7) is 6.34. The first-order valence-corrected chi connectivity index (χ1v) is 12.3. The zero-order valence-corrected chi connectivity index (χ0v) is 19.8. The highest BCUT2D eigenvalue weighted by molar-refractivity contribution is 6.31. The number of rotatable bonds is 9. The second-order valence-electron chi connectivity index (χ2n) is 9.08. The summed E-state index contributed by atoms with van der Waals surface area (Å²) < 4.78 is 0. The third kappa shape index (κ3) is 5.67. The number of allylic oxidation sites excluding steroid dienone is 3. The zero-order valence-electron chi connectivity index (χ0n) is 19.0. The van der Waals surface area contributed by atoms with Gasteiger partial charge >= 0.3 is 0 Å². The summed E-state index contributed by atoms with van der Waals surface area (Å²) >= 11 is 6.12. The molecule has 0 spiro atoms. The van der Waals surface area contributed by atoms with Gasteiger partial charge in [-0.25, -0.2) is 0 Å². The third-order valence-electron chi connectivity index (χ3n) is 6.81. The van der Waals surface area contributed by atoms with Crippen molar-refractivity contribution in [3.05, 3.63) is 83.3 Å². The highest BCUT2D eigenvalue weighted by Crippen LogP contribution is 2.25. The van der Waals surface area contributed by atoms with E-state index in [0.29, 0.717) is 6.04 Å². The molecule has 2 aliphatic rings. The Hall–Kier alpha value is -2.60. The van der Waals surface area contributed by atoms with Crippen LogP contribution in [0.25, 0.3) is 10.9 Å². The maximum absolute atomic E-state index is 6.12. The fraction of sp³-hybridized carbons (Fsp3) is 0.370. The number of piperidine rings is 1. The Labute approximate surface area is 201 Å². The normalized spacial score (nSPS) is 17.2. The fourth-order valence-electron chi connectivity index (χ4n) is 5.00. The molecule has 6 heteroatoms. The van der Waals surface area contributed by atoms with Gasteiger partial charge in [-0.1, -0.05) is 35.4 Å². The van der Waals surface area contributed by atoms with Crippen molar-refractivity contribution in [3.63, 3.8) is 0 Å². The highest BCUT2D eigenvalue weighted by Gasteiger charge is 2.25. The number of nitrogens with zero attached hydrogens (tertiary/aromatic N) is 3. The molecule has 0 unspecified atom stereocenters. The molecule has 3 heterocycles. The van der Waals surface area contributed by atoms with Gasteiger partial charge in [0.25, 0.3) is 0 Å². The molecule has 0 saturated carbocycles. The molecular formula is C27H32ClN5. The summed E-state index contributed by atoms with van der Waals surface area (Å²) in [4.78, 5) is 13.1. The molecule has 1 aliphatic carbocycles. The van der Waals surface area contributed by atoms with E-state index in [1.54, 1.807) is 0 Å². The van der Waals surface area contributed by atoms with Gasteiger partial charge in [-0.3, -0.25) is 9.88 Å². The molecule has 5 rings (SSSR count). The van der Waals surface area contributed by atoms with E-state index in [9.17, 15) is 0 Å². The number of benzene rings is 1. The monoisotopic (exact) mass is 461 g/mol. The van der Waals surface area contributed by atoms with Gasteiger partial charge in [0.05, 0.1) is 5.52 Å². The van der Waals surface area contributed by atoms with Crippen LogP contribution in [0.5, 0.6) is 0 Å². The molecule has 0 radical (unpaired) electrons. The molecule has 3 aromatic rings. The lowest BCUT2D eigenvalue weighted by Crippen LogP contribution is -2.46. The Kier molecular flexibility index (Phi) is 7.10. The minimum absolute atomic E-state index is 0.632. The molecule has 172 valence electrons. The van der Waals surface area contributed by atoms with Crippen LogP contribution in [0.2, 0.25) is 5.02 Å². The Bertz CT molecular complexity index is 1110. The standard InChI is InChI=1S/C27H32ClN5/c28-22-7-8-25-26(9-13-30-27(25)18-22)31-14-17-32-15-10-24(11-16-32)33(19-21-4-1-2-5-21)20-23-6-3-12-29-23/h1-4,6-9,12-13,18,24,29H,5,10-11,14-17,19-20H2,(H,30,31). The number of pyridine rings is 1. The number of aromatic nitrogens is 2. The molecule has 2 aromatic heterocycles. The minimum atomic E-state index is 0.632. The Morgan fingerprint density at radius 2 is 2.06 bits per heavy atom. The zero-order chi connectivity index (χ0) is 22.5. The van der Waals surface area contributed by atoms with Gasteiger partial charge in [-0.2, -0.15) is 0 Å². The summed E-state index contributed by atoms with van der Waals surface area (Å²) in [5.74, 6) is 0. The highest BCUT2D eigenvalue weighted by atomic mass is 35.5. The van der Waals surface area contributed by atoms with Gasteiger partial charge in [-0.05, 0) is 68.8 Å². The van der Waals surface area contributed by atoms with Crippen molar-refractivity contribution in [2.24, 2.45) is 0 Å². The van der Waals surface area contributed by atoms with E-state index in [1.165, 1.54) is 24.1 Å². The molecular weight excluding hydrogens is 430 g/mol. The van der Waals surface area contributed by atoms with Crippen molar-refractivity contribution in [1.82, 2.24) is 19.8 Å². The van der Waals surface area contributed by atoms with Crippen molar-refractivity contribution in [2.75, 3.05) is 38.0 Å². The van der Waals surface area contributed by atoms with Crippen LogP contribution in [-0.2, 0) is 6.54 Å². The lowest BCUT2D eigenvalue weighted by molar-refractivity contribution is 0.111. The molecule has 2 N–H and O–H groups in total. The van der Waals surface area contributed by atoms with E-state index >= 15 is 0 Å². The van der Waals surface area contributed by atoms with E-state index in [2.05, 4.69) is 55.4 Å². The molecule has 33 heavy (non-hydrogen) atoms. The second-order valence-corrected chi connectivity index (χ2v) is 9.51. The molecule has 0 bridgehead atoms. The minimum Gasteiger partial charge on any atom is -0.383 e. The molecule has 5 nitrogen and oxygen atoms in total. The van der Waals surface area contributed by atoms with Crippen LogP contribution in [0.15, 0.2) is 72.6 Å². The van der Waals surface area contributed by atoms with E-state index in [1.807, 2.05) is 36.7 Å². The molecule has 0 atom stereocenters. The van der Waals surface area contributed by atoms with Crippen LogP contribution in [0.4, 0.5) is 5.69 Å². The van der Waals surface area contributed by atoms with E-state index in [0.717, 1.165) is 67.3 Å². The number of aromatic amines is 1. The lowest BCUT2D eigenvalue weighted by atomic mass is 10.0. The predicted molar refractivity (Wildman–Crippen MR) is 138 cm³/mol.